The number of hydrogen-bond donors (Lipinski definition) is 0. The zero-order chi connectivity index (χ0) is 11.5. The smallest absolute Gasteiger partial charge is 0.377 e. The van der Waals surface area contributed by atoms with E-state index in [2.05, 4.69) is 19.8 Å². The molecule has 0 saturated carbocycles. The minimum Gasteiger partial charge on any atom is -0.463 e. The van der Waals surface area contributed by atoms with Crippen LogP contribution in [-0.4, -0.2) is 32.8 Å². The molecule has 0 aliphatic heterocycles. The van der Waals surface area contributed by atoms with Gasteiger partial charge in [0.2, 0.25) is 0 Å². The van der Waals surface area contributed by atoms with Gasteiger partial charge in [0, 0.05) is 0 Å². The summed E-state index contributed by atoms with van der Waals surface area (Å²) in [6.07, 6.45) is 1.37. The van der Waals surface area contributed by atoms with E-state index >= 15 is 0 Å². The molecule has 82 valence electrons. The molecule has 0 saturated heterocycles. The molecule has 2 heterocycles. The Kier molecular flexibility index (Phi) is 2.82. The first-order valence-corrected chi connectivity index (χ1v) is 4.71. The molecule has 0 unspecified atom stereocenters. The maximum absolute atomic E-state index is 11.1. The monoisotopic (exact) mass is 238 g/mol. The molecule has 0 N–H and O–H groups in total. The summed E-state index contributed by atoms with van der Waals surface area (Å²) in [6, 6.07) is 5.06. The second kappa shape index (κ2) is 4.28. The van der Waals surface area contributed by atoms with Crippen molar-refractivity contribution in [3.05, 3.63) is 35.5 Å². The summed E-state index contributed by atoms with van der Waals surface area (Å²) >= 11 is 5.73. The van der Waals surface area contributed by atoms with Crippen molar-refractivity contribution in [1.29, 1.82) is 0 Å². The minimum absolute atomic E-state index is 0.0238. The largest absolute Gasteiger partial charge is 0.463 e. The summed E-state index contributed by atoms with van der Waals surface area (Å²) in [5.74, 6) is -0.139. The van der Waals surface area contributed by atoms with Crippen LogP contribution in [-0.2, 0) is 4.74 Å². The minimum atomic E-state index is -0.597. The van der Waals surface area contributed by atoms with Gasteiger partial charge in [-0.15, -0.1) is 5.10 Å². The summed E-state index contributed by atoms with van der Waals surface area (Å²) in [5, 5.41) is 4.24. The summed E-state index contributed by atoms with van der Waals surface area (Å²) in [7, 11) is 1.26. The van der Waals surface area contributed by atoms with Gasteiger partial charge in [0.1, 0.15) is 11.5 Å². The number of rotatable bonds is 2. The Balaban J connectivity index is 2.35. The van der Waals surface area contributed by atoms with Crippen molar-refractivity contribution < 1.29 is 9.53 Å². The van der Waals surface area contributed by atoms with Crippen LogP contribution in [0.3, 0.4) is 0 Å². The third kappa shape index (κ3) is 2.01. The van der Waals surface area contributed by atoms with Gasteiger partial charge in [-0.2, -0.15) is 0 Å². The van der Waals surface area contributed by atoms with Crippen LogP contribution in [0.1, 0.15) is 10.6 Å². The molecular weight excluding hydrogens is 232 g/mol. The fourth-order valence-electron chi connectivity index (χ4n) is 1.08. The second-order valence-corrected chi connectivity index (χ2v) is 3.21. The van der Waals surface area contributed by atoms with Crippen LogP contribution < -0.4 is 0 Å². The molecule has 0 atom stereocenters. The van der Waals surface area contributed by atoms with Gasteiger partial charge < -0.3 is 4.74 Å². The maximum atomic E-state index is 11.1. The lowest BCUT2D eigenvalue weighted by Gasteiger charge is -1.98. The van der Waals surface area contributed by atoms with E-state index in [0.29, 0.717) is 11.0 Å². The van der Waals surface area contributed by atoms with Gasteiger partial charge in [0.25, 0.3) is 5.82 Å². The molecule has 0 bridgehead atoms. The van der Waals surface area contributed by atoms with Gasteiger partial charge in [-0.3, -0.25) is 0 Å². The number of pyridine rings is 1. The van der Waals surface area contributed by atoms with E-state index in [9.17, 15) is 4.79 Å². The predicted molar refractivity (Wildman–Crippen MR) is 55.5 cm³/mol. The quantitative estimate of drug-likeness (QED) is 0.579. The van der Waals surface area contributed by atoms with Gasteiger partial charge >= 0.3 is 5.97 Å². The van der Waals surface area contributed by atoms with E-state index in [-0.39, 0.29) is 5.82 Å². The zero-order valence-corrected chi connectivity index (χ0v) is 9.05. The highest BCUT2D eigenvalue weighted by atomic mass is 35.5. The van der Waals surface area contributed by atoms with Crippen molar-refractivity contribution in [2.75, 3.05) is 7.11 Å². The third-order valence-electron chi connectivity index (χ3n) is 1.79. The topological polar surface area (TPSA) is 69.9 Å². The predicted octanol–water partition coefficient (Wildman–Crippen LogP) is 1.10. The number of ether oxygens (including phenoxy) is 1. The highest BCUT2D eigenvalue weighted by Crippen LogP contribution is 2.08. The molecule has 0 aromatic carbocycles. The SMILES string of the molecule is COC(=O)c1ncn(-c2cccc(Cl)n2)n1. The van der Waals surface area contributed by atoms with E-state index in [1.165, 1.54) is 18.1 Å². The summed E-state index contributed by atoms with van der Waals surface area (Å²) in [6.45, 7) is 0. The van der Waals surface area contributed by atoms with E-state index in [1.54, 1.807) is 18.2 Å². The number of hydrogen-bond acceptors (Lipinski definition) is 5. The van der Waals surface area contributed by atoms with Crippen LogP contribution in [0.5, 0.6) is 0 Å². The van der Waals surface area contributed by atoms with Crippen LogP contribution in [0, 0.1) is 0 Å². The number of carbonyl (C=O) groups excluding carboxylic acids is 1. The summed E-state index contributed by atoms with van der Waals surface area (Å²) in [5.41, 5.74) is 0. The Labute approximate surface area is 95.8 Å². The van der Waals surface area contributed by atoms with E-state index in [0.717, 1.165) is 0 Å². The number of esters is 1. The van der Waals surface area contributed by atoms with Crippen LogP contribution in [0.25, 0.3) is 5.82 Å². The first-order valence-electron chi connectivity index (χ1n) is 4.33. The van der Waals surface area contributed by atoms with Gasteiger partial charge in [-0.05, 0) is 12.1 Å². The van der Waals surface area contributed by atoms with Gasteiger partial charge in [0.15, 0.2) is 5.82 Å². The lowest BCUT2D eigenvalue weighted by atomic mass is 10.5. The first kappa shape index (κ1) is 10.6. The standard InChI is InChI=1S/C9H7ClN4O2/c1-16-9(15)8-11-5-14(13-8)7-4-2-3-6(10)12-7/h2-5H,1H3. The van der Waals surface area contributed by atoms with Gasteiger partial charge in [0.05, 0.1) is 7.11 Å². The van der Waals surface area contributed by atoms with Crippen LogP contribution in [0.15, 0.2) is 24.5 Å². The van der Waals surface area contributed by atoms with Crippen LogP contribution in [0.2, 0.25) is 5.15 Å². The lowest BCUT2D eigenvalue weighted by molar-refractivity contribution is 0.0587. The van der Waals surface area contributed by atoms with Crippen molar-refractivity contribution >= 4 is 17.6 Å². The van der Waals surface area contributed by atoms with E-state index < -0.39 is 5.97 Å². The molecule has 0 spiro atoms. The molecule has 0 fully saturated rings. The highest BCUT2D eigenvalue weighted by molar-refractivity contribution is 6.29. The zero-order valence-electron chi connectivity index (χ0n) is 8.29. The summed E-state index contributed by atoms with van der Waals surface area (Å²) in [4.78, 5) is 18.9. The molecule has 0 radical (unpaired) electrons. The number of methoxy groups -OCH3 is 1. The third-order valence-corrected chi connectivity index (χ3v) is 2.01. The molecule has 16 heavy (non-hydrogen) atoms. The normalized spacial score (nSPS) is 10.1. The molecule has 7 heteroatoms. The Bertz CT molecular complexity index is 526. The van der Waals surface area contributed by atoms with Crippen molar-refractivity contribution in [1.82, 2.24) is 19.7 Å². The lowest BCUT2D eigenvalue weighted by Crippen LogP contribution is -2.05. The molecule has 0 amide bonds. The number of halogens is 1. The molecule has 2 aromatic heterocycles. The Morgan fingerprint density at radius 3 is 3.00 bits per heavy atom. The number of aromatic nitrogens is 4. The average Bonchev–Trinajstić information content (AvgIpc) is 2.77. The van der Waals surface area contributed by atoms with Crippen LogP contribution in [0.4, 0.5) is 0 Å². The Morgan fingerprint density at radius 1 is 1.50 bits per heavy atom. The fraction of sp³-hybridized carbons (Fsp3) is 0.111. The molecule has 0 aliphatic rings. The van der Waals surface area contributed by atoms with Crippen molar-refractivity contribution in [2.24, 2.45) is 0 Å². The Hall–Kier alpha value is -1.95. The molecule has 6 nitrogen and oxygen atoms in total. The van der Waals surface area contributed by atoms with E-state index in [1.807, 2.05) is 0 Å². The van der Waals surface area contributed by atoms with Gasteiger partial charge in [-0.25, -0.2) is 19.4 Å². The average molecular weight is 239 g/mol. The first-order chi connectivity index (χ1) is 7.70. The number of nitrogens with zero attached hydrogens (tertiary/aromatic N) is 4. The van der Waals surface area contributed by atoms with Crippen LogP contribution >= 0.6 is 11.6 Å². The van der Waals surface area contributed by atoms with Crippen molar-refractivity contribution in [2.45, 2.75) is 0 Å². The van der Waals surface area contributed by atoms with Crippen molar-refractivity contribution in [3.63, 3.8) is 0 Å². The van der Waals surface area contributed by atoms with E-state index in [4.69, 9.17) is 11.6 Å². The molecule has 2 aromatic rings. The molecule has 2 rings (SSSR count). The van der Waals surface area contributed by atoms with Crippen molar-refractivity contribution in [3.8, 4) is 5.82 Å². The summed E-state index contributed by atoms with van der Waals surface area (Å²) < 4.78 is 5.83. The highest BCUT2D eigenvalue weighted by Gasteiger charge is 2.12. The number of carbonyl (C=O) groups is 1. The maximum Gasteiger partial charge on any atom is 0.377 e. The molecule has 0 aliphatic carbocycles. The second-order valence-electron chi connectivity index (χ2n) is 2.82. The van der Waals surface area contributed by atoms with Gasteiger partial charge in [-0.1, -0.05) is 17.7 Å². The fourth-order valence-corrected chi connectivity index (χ4v) is 1.24. The molecular formula is C9H7ClN4O2. The Morgan fingerprint density at radius 2 is 2.31 bits per heavy atom.